The van der Waals surface area contributed by atoms with Crippen LogP contribution in [0.4, 0.5) is 5.82 Å². The fourth-order valence-corrected chi connectivity index (χ4v) is 4.46. The van der Waals surface area contributed by atoms with Gasteiger partial charge < -0.3 is 24.4 Å². The topological polar surface area (TPSA) is 88.0 Å². The highest BCUT2D eigenvalue weighted by atomic mass is 16.5. The van der Waals surface area contributed by atoms with Gasteiger partial charge in [-0.05, 0) is 24.6 Å². The number of β-amino-alcohol motifs (C(OH)–C–C–N with tert-alkyl or cyclic N) is 1. The van der Waals surface area contributed by atoms with Crippen molar-refractivity contribution in [3.63, 3.8) is 0 Å². The van der Waals surface area contributed by atoms with Gasteiger partial charge in [0.2, 0.25) is 0 Å². The number of hydrogen-bond donors (Lipinski definition) is 1. The van der Waals surface area contributed by atoms with E-state index in [-0.39, 0.29) is 18.6 Å². The summed E-state index contributed by atoms with van der Waals surface area (Å²) < 4.78 is 11.6. The Hall–Kier alpha value is -2.71. The molecule has 1 fully saturated rings. The SMILES string of the molecule is Cc1cc2c(nc1N1CCC(Oc3cnc4c(c3)COC4)CC1)CN(CCO)C2=O. The van der Waals surface area contributed by atoms with Gasteiger partial charge in [-0.25, -0.2) is 4.98 Å². The van der Waals surface area contributed by atoms with Crippen molar-refractivity contribution in [1.29, 1.82) is 0 Å². The van der Waals surface area contributed by atoms with Gasteiger partial charge in [0.25, 0.3) is 5.91 Å². The van der Waals surface area contributed by atoms with Crippen LogP contribution in [0.5, 0.6) is 5.75 Å². The van der Waals surface area contributed by atoms with Crippen LogP contribution in [0.2, 0.25) is 0 Å². The van der Waals surface area contributed by atoms with Gasteiger partial charge in [-0.15, -0.1) is 0 Å². The number of hydrogen-bond acceptors (Lipinski definition) is 7. The molecule has 8 nitrogen and oxygen atoms in total. The predicted octanol–water partition coefficient (Wildman–Crippen LogP) is 1.81. The molecular formula is C22H26N4O4. The van der Waals surface area contributed by atoms with E-state index < -0.39 is 0 Å². The van der Waals surface area contributed by atoms with Crippen molar-refractivity contribution in [2.75, 3.05) is 31.1 Å². The number of rotatable bonds is 5. The molecule has 0 spiro atoms. The average Bonchev–Trinajstić information content (AvgIpc) is 3.33. The third kappa shape index (κ3) is 3.50. The second-order valence-corrected chi connectivity index (χ2v) is 8.15. The molecule has 158 valence electrons. The van der Waals surface area contributed by atoms with Crippen LogP contribution >= 0.6 is 0 Å². The number of aliphatic hydroxyl groups is 1. The van der Waals surface area contributed by atoms with E-state index in [9.17, 15) is 4.79 Å². The molecule has 3 aliphatic heterocycles. The predicted molar refractivity (Wildman–Crippen MR) is 109 cm³/mol. The van der Waals surface area contributed by atoms with Crippen LogP contribution in [0.25, 0.3) is 0 Å². The van der Waals surface area contributed by atoms with Crippen LogP contribution < -0.4 is 9.64 Å². The summed E-state index contributed by atoms with van der Waals surface area (Å²) >= 11 is 0. The highest BCUT2D eigenvalue weighted by Crippen LogP contribution is 2.30. The molecule has 3 aliphatic rings. The van der Waals surface area contributed by atoms with Gasteiger partial charge in [-0.2, -0.15) is 0 Å². The quantitative estimate of drug-likeness (QED) is 0.804. The Kier molecular flexibility index (Phi) is 5.04. The molecule has 1 amide bonds. The van der Waals surface area contributed by atoms with E-state index in [1.165, 1.54) is 0 Å². The third-order valence-corrected chi connectivity index (χ3v) is 6.07. The Balaban J connectivity index is 1.24. The maximum atomic E-state index is 12.4. The molecule has 8 heteroatoms. The molecule has 0 radical (unpaired) electrons. The summed E-state index contributed by atoms with van der Waals surface area (Å²) in [5.74, 6) is 1.72. The molecular weight excluding hydrogens is 384 g/mol. The highest BCUT2D eigenvalue weighted by molar-refractivity contribution is 5.98. The molecule has 30 heavy (non-hydrogen) atoms. The first-order valence-electron chi connectivity index (χ1n) is 10.5. The number of fused-ring (bicyclic) bond motifs is 2. The van der Waals surface area contributed by atoms with Crippen LogP contribution in [0, 0.1) is 6.92 Å². The zero-order valence-corrected chi connectivity index (χ0v) is 17.1. The second kappa shape index (κ2) is 7.85. The first-order chi connectivity index (χ1) is 14.6. The summed E-state index contributed by atoms with van der Waals surface area (Å²) in [5.41, 5.74) is 4.60. The lowest BCUT2D eigenvalue weighted by Crippen LogP contribution is -2.39. The van der Waals surface area contributed by atoms with E-state index >= 15 is 0 Å². The highest BCUT2D eigenvalue weighted by Gasteiger charge is 2.31. The van der Waals surface area contributed by atoms with Crippen LogP contribution in [0.1, 0.15) is 45.7 Å². The summed E-state index contributed by atoms with van der Waals surface area (Å²) in [6.45, 7) is 5.69. The summed E-state index contributed by atoms with van der Waals surface area (Å²) in [5, 5.41) is 9.17. The van der Waals surface area contributed by atoms with Gasteiger partial charge >= 0.3 is 0 Å². The summed E-state index contributed by atoms with van der Waals surface area (Å²) in [6.07, 6.45) is 3.75. The Morgan fingerprint density at radius 2 is 2.07 bits per heavy atom. The average molecular weight is 410 g/mol. The number of ether oxygens (including phenoxy) is 2. The minimum atomic E-state index is -0.0401. The van der Waals surface area contributed by atoms with E-state index in [4.69, 9.17) is 19.6 Å². The standard InChI is InChI=1S/C22H26N4O4/c1-14-8-18-19(11-26(6-7-27)22(18)28)24-21(14)25-4-2-16(3-5-25)30-17-9-15-12-29-13-20(15)23-10-17/h8-10,16,27H,2-7,11-13H2,1H3. The van der Waals surface area contributed by atoms with Crippen molar-refractivity contribution in [2.24, 2.45) is 0 Å². The van der Waals surface area contributed by atoms with Gasteiger partial charge in [0.1, 0.15) is 17.7 Å². The van der Waals surface area contributed by atoms with E-state index in [1.54, 1.807) is 11.1 Å². The molecule has 1 saturated heterocycles. The van der Waals surface area contributed by atoms with E-state index in [0.717, 1.165) is 60.0 Å². The number of nitrogens with zero attached hydrogens (tertiary/aromatic N) is 4. The smallest absolute Gasteiger partial charge is 0.256 e. The molecule has 1 N–H and O–H groups in total. The second-order valence-electron chi connectivity index (χ2n) is 8.15. The summed E-state index contributed by atoms with van der Waals surface area (Å²) in [4.78, 5) is 25.6. The molecule has 0 aromatic carbocycles. The normalized spacial score (nSPS) is 18.7. The fourth-order valence-electron chi connectivity index (χ4n) is 4.46. The van der Waals surface area contributed by atoms with Crippen molar-refractivity contribution < 1.29 is 19.4 Å². The first-order valence-corrected chi connectivity index (χ1v) is 10.5. The number of pyridine rings is 2. The van der Waals surface area contributed by atoms with Crippen LogP contribution in [-0.2, 0) is 24.5 Å². The van der Waals surface area contributed by atoms with Crippen LogP contribution in [-0.4, -0.2) is 58.2 Å². The number of aromatic nitrogens is 2. The lowest BCUT2D eigenvalue weighted by Gasteiger charge is -2.34. The maximum Gasteiger partial charge on any atom is 0.256 e. The summed E-state index contributed by atoms with van der Waals surface area (Å²) in [6, 6.07) is 3.99. The monoisotopic (exact) mass is 410 g/mol. The maximum absolute atomic E-state index is 12.4. The number of aryl methyl sites for hydroxylation is 1. The van der Waals surface area contributed by atoms with Crippen molar-refractivity contribution in [1.82, 2.24) is 14.9 Å². The third-order valence-electron chi connectivity index (χ3n) is 6.07. The number of piperidine rings is 1. The van der Waals surface area contributed by atoms with Crippen LogP contribution in [0.3, 0.4) is 0 Å². The van der Waals surface area contributed by atoms with Crippen molar-refractivity contribution >= 4 is 11.7 Å². The Morgan fingerprint density at radius 3 is 2.87 bits per heavy atom. The zero-order chi connectivity index (χ0) is 20.7. The molecule has 0 atom stereocenters. The van der Waals surface area contributed by atoms with Gasteiger partial charge in [0.15, 0.2) is 0 Å². The largest absolute Gasteiger partial charge is 0.489 e. The number of aliphatic hydroxyl groups excluding tert-OH is 1. The molecule has 5 rings (SSSR count). The molecule has 2 aromatic heterocycles. The van der Waals surface area contributed by atoms with Crippen molar-refractivity contribution in [2.45, 2.75) is 45.6 Å². The van der Waals surface area contributed by atoms with Gasteiger partial charge in [-0.1, -0.05) is 0 Å². The molecule has 0 bridgehead atoms. The first kappa shape index (κ1) is 19.3. The minimum absolute atomic E-state index is 0.0359. The lowest BCUT2D eigenvalue weighted by molar-refractivity contribution is 0.0745. The van der Waals surface area contributed by atoms with Gasteiger partial charge in [0, 0.05) is 38.0 Å². The van der Waals surface area contributed by atoms with E-state index in [0.29, 0.717) is 31.9 Å². The zero-order valence-electron chi connectivity index (χ0n) is 17.1. The lowest BCUT2D eigenvalue weighted by atomic mass is 10.1. The van der Waals surface area contributed by atoms with Crippen LogP contribution in [0.15, 0.2) is 18.3 Å². The number of anilines is 1. The fraction of sp³-hybridized carbons (Fsp3) is 0.500. The van der Waals surface area contributed by atoms with E-state index in [2.05, 4.69) is 9.88 Å². The number of carbonyl (C=O) groups is 1. The minimum Gasteiger partial charge on any atom is -0.489 e. The number of carbonyl (C=O) groups excluding carboxylic acids is 1. The Labute approximate surface area is 175 Å². The summed E-state index contributed by atoms with van der Waals surface area (Å²) in [7, 11) is 0. The Morgan fingerprint density at radius 1 is 1.23 bits per heavy atom. The molecule has 0 aliphatic carbocycles. The molecule has 0 unspecified atom stereocenters. The van der Waals surface area contributed by atoms with Crippen molar-refractivity contribution in [3.8, 4) is 5.75 Å². The molecule has 5 heterocycles. The molecule has 0 saturated carbocycles. The molecule has 2 aromatic rings. The van der Waals surface area contributed by atoms with E-state index in [1.807, 2.05) is 19.1 Å². The Bertz CT molecular complexity index is 972. The van der Waals surface area contributed by atoms with Crippen molar-refractivity contribution in [3.05, 3.63) is 46.4 Å². The van der Waals surface area contributed by atoms with Gasteiger partial charge in [-0.3, -0.25) is 9.78 Å². The number of amides is 1. The van der Waals surface area contributed by atoms with Gasteiger partial charge in [0.05, 0.1) is 49.5 Å².